The second kappa shape index (κ2) is 3.03. The largest absolute Gasteiger partial charge is 0.382 e. The lowest BCUT2D eigenvalue weighted by Crippen LogP contribution is -2.09. The number of amidine groups is 1. The minimum absolute atomic E-state index is 0.389. The average molecular weight is 175 g/mol. The van der Waals surface area contributed by atoms with E-state index < -0.39 is 0 Å². The fourth-order valence-electron chi connectivity index (χ4n) is 0.614. The SMILES string of the molecule is Cc1ccc(C(N)=NCl)s1. The van der Waals surface area contributed by atoms with Crippen molar-refractivity contribution in [2.24, 2.45) is 10.2 Å². The molecule has 4 heteroatoms. The van der Waals surface area contributed by atoms with E-state index in [0.29, 0.717) is 5.84 Å². The van der Waals surface area contributed by atoms with Crippen LogP contribution in [0.1, 0.15) is 9.75 Å². The van der Waals surface area contributed by atoms with Crippen LogP contribution in [0.4, 0.5) is 0 Å². The second-order valence-corrected chi connectivity index (χ2v) is 3.34. The van der Waals surface area contributed by atoms with E-state index in [2.05, 4.69) is 4.51 Å². The van der Waals surface area contributed by atoms with Gasteiger partial charge in [0.1, 0.15) is 0 Å². The summed E-state index contributed by atoms with van der Waals surface area (Å²) < 4.78 is 3.35. The van der Waals surface area contributed by atoms with E-state index in [-0.39, 0.29) is 0 Å². The molecule has 0 saturated heterocycles. The van der Waals surface area contributed by atoms with Crippen LogP contribution in [-0.4, -0.2) is 5.84 Å². The van der Waals surface area contributed by atoms with Crippen LogP contribution in [0.5, 0.6) is 0 Å². The van der Waals surface area contributed by atoms with Crippen molar-refractivity contribution in [1.29, 1.82) is 0 Å². The molecule has 0 bridgehead atoms. The molecule has 0 spiro atoms. The van der Waals surface area contributed by atoms with Gasteiger partial charge in [-0.2, -0.15) is 4.51 Å². The summed E-state index contributed by atoms with van der Waals surface area (Å²) in [4.78, 5) is 2.13. The first-order chi connectivity index (χ1) is 4.74. The Morgan fingerprint density at radius 3 is 2.80 bits per heavy atom. The number of rotatable bonds is 1. The van der Waals surface area contributed by atoms with E-state index in [1.165, 1.54) is 4.88 Å². The van der Waals surface area contributed by atoms with Crippen molar-refractivity contribution in [3.63, 3.8) is 0 Å². The Labute approximate surface area is 68.5 Å². The van der Waals surface area contributed by atoms with Crippen LogP contribution in [0.3, 0.4) is 0 Å². The Kier molecular flexibility index (Phi) is 2.29. The maximum absolute atomic E-state index is 5.44. The molecule has 0 aliphatic heterocycles. The molecular weight excluding hydrogens is 168 g/mol. The molecule has 1 rings (SSSR count). The van der Waals surface area contributed by atoms with Crippen molar-refractivity contribution in [3.8, 4) is 0 Å². The number of nitrogens with zero attached hydrogens (tertiary/aromatic N) is 1. The van der Waals surface area contributed by atoms with Gasteiger partial charge in [-0.25, -0.2) is 0 Å². The molecule has 0 unspecified atom stereocenters. The summed E-state index contributed by atoms with van der Waals surface area (Å²) in [6, 6.07) is 3.89. The molecule has 1 heterocycles. The van der Waals surface area contributed by atoms with Gasteiger partial charge in [0.15, 0.2) is 5.84 Å². The first-order valence-electron chi connectivity index (χ1n) is 2.75. The lowest BCUT2D eigenvalue weighted by Gasteiger charge is -1.88. The normalized spacial score (nSPS) is 12.0. The van der Waals surface area contributed by atoms with Gasteiger partial charge in [0.05, 0.1) is 4.88 Å². The fraction of sp³-hybridized carbons (Fsp3) is 0.167. The summed E-state index contributed by atoms with van der Waals surface area (Å²) in [6.45, 7) is 2.01. The second-order valence-electron chi connectivity index (χ2n) is 1.88. The summed E-state index contributed by atoms with van der Waals surface area (Å²) in [5.74, 6) is 0.389. The minimum Gasteiger partial charge on any atom is -0.382 e. The highest BCUT2D eigenvalue weighted by Crippen LogP contribution is 2.14. The topological polar surface area (TPSA) is 38.4 Å². The van der Waals surface area contributed by atoms with E-state index in [1.807, 2.05) is 19.1 Å². The molecule has 0 fully saturated rings. The molecule has 54 valence electrons. The van der Waals surface area contributed by atoms with Crippen LogP contribution in [0.15, 0.2) is 16.6 Å². The van der Waals surface area contributed by atoms with Gasteiger partial charge in [0, 0.05) is 16.7 Å². The molecule has 0 atom stereocenters. The van der Waals surface area contributed by atoms with Gasteiger partial charge in [-0.1, -0.05) is 0 Å². The molecule has 1 aromatic heterocycles. The van der Waals surface area contributed by atoms with Crippen LogP contribution < -0.4 is 5.73 Å². The van der Waals surface area contributed by atoms with Crippen LogP contribution in [0, 0.1) is 6.92 Å². The summed E-state index contributed by atoms with van der Waals surface area (Å²) in [5, 5.41) is 0. The smallest absolute Gasteiger partial charge is 0.155 e. The Morgan fingerprint density at radius 2 is 2.40 bits per heavy atom. The zero-order chi connectivity index (χ0) is 7.56. The van der Waals surface area contributed by atoms with E-state index in [9.17, 15) is 0 Å². The van der Waals surface area contributed by atoms with Crippen molar-refractivity contribution in [2.45, 2.75) is 6.92 Å². The molecule has 0 saturated carbocycles. The van der Waals surface area contributed by atoms with Crippen molar-refractivity contribution in [3.05, 3.63) is 21.9 Å². The highest BCUT2D eigenvalue weighted by Gasteiger charge is 1.99. The standard InChI is InChI=1S/C6H7ClN2S/c1-4-2-3-5(10-4)6(8)9-7/h2-3H,1H3,(H2,8,9). The van der Waals surface area contributed by atoms with E-state index in [1.54, 1.807) is 11.3 Å². The molecule has 0 aromatic carbocycles. The predicted molar refractivity (Wildman–Crippen MR) is 45.6 cm³/mol. The third-order valence-electron chi connectivity index (χ3n) is 1.08. The van der Waals surface area contributed by atoms with Gasteiger partial charge in [0.25, 0.3) is 0 Å². The molecule has 10 heavy (non-hydrogen) atoms. The van der Waals surface area contributed by atoms with Crippen molar-refractivity contribution < 1.29 is 0 Å². The van der Waals surface area contributed by atoms with Crippen molar-refractivity contribution >= 4 is 28.9 Å². The highest BCUT2D eigenvalue weighted by atomic mass is 35.5. The lowest BCUT2D eigenvalue weighted by molar-refractivity contribution is 1.63. The molecule has 0 aliphatic rings. The molecule has 0 radical (unpaired) electrons. The molecule has 2 nitrogen and oxygen atoms in total. The molecular formula is C6H7ClN2S. The van der Waals surface area contributed by atoms with Gasteiger partial charge in [-0.15, -0.1) is 11.3 Å². The first kappa shape index (κ1) is 7.57. The minimum atomic E-state index is 0.389. The van der Waals surface area contributed by atoms with E-state index >= 15 is 0 Å². The Morgan fingerprint density at radius 1 is 1.70 bits per heavy atom. The van der Waals surface area contributed by atoms with E-state index in [0.717, 1.165) is 4.88 Å². The zero-order valence-corrected chi connectivity index (χ0v) is 7.04. The van der Waals surface area contributed by atoms with Crippen LogP contribution >= 0.6 is 23.1 Å². The van der Waals surface area contributed by atoms with Gasteiger partial charge in [-0.3, -0.25) is 0 Å². The van der Waals surface area contributed by atoms with Crippen molar-refractivity contribution in [2.75, 3.05) is 0 Å². The molecule has 0 aliphatic carbocycles. The molecule has 1 aromatic rings. The van der Waals surface area contributed by atoms with Crippen molar-refractivity contribution in [1.82, 2.24) is 0 Å². The summed E-state index contributed by atoms with van der Waals surface area (Å²) in [7, 11) is 0. The lowest BCUT2D eigenvalue weighted by atomic mass is 10.4. The predicted octanol–water partition coefficient (Wildman–Crippen LogP) is 1.92. The quantitative estimate of drug-likeness (QED) is 0.513. The Hall–Kier alpha value is -0.540. The number of hydrogen-bond donors (Lipinski definition) is 1. The monoisotopic (exact) mass is 174 g/mol. The number of thiophene rings is 1. The number of aryl methyl sites for hydroxylation is 1. The maximum Gasteiger partial charge on any atom is 0.155 e. The third-order valence-corrected chi connectivity index (χ3v) is 2.29. The van der Waals surface area contributed by atoms with Gasteiger partial charge < -0.3 is 5.73 Å². The zero-order valence-electron chi connectivity index (χ0n) is 5.47. The number of hydrogen-bond acceptors (Lipinski definition) is 2. The van der Waals surface area contributed by atoms with Crippen LogP contribution in [-0.2, 0) is 0 Å². The van der Waals surface area contributed by atoms with E-state index in [4.69, 9.17) is 17.5 Å². The van der Waals surface area contributed by atoms with Gasteiger partial charge in [0.2, 0.25) is 0 Å². The highest BCUT2D eigenvalue weighted by molar-refractivity contribution is 7.14. The maximum atomic E-state index is 5.44. The average Bonchev–Trinajstić information content (AvgIpc) is 2.34. The summed E-state index contributed by atoms with van der Waals surface area (Å²) in [5.41, 5.74) is 5.44. The number of halogens is 1. The molecule has 2 N–H and O–H groups in total. The molecule has 0 amide bonds. The first-order valence-corrected chi connectivity index (χ1v) is 3.90. The fourth-order valence-corrected chi connectivity index (χ4v) is 1.52. The summed E-state index contributed by atoms with van der Waals surface area (Å²) >= 11 is 6.75. The third kappa shape index (κ3) is 1.49. The Bertz CT molecular complexity index is 254. The van der Waals surface area contributed by atoms with Crippen LogP contribution in [0.2, 0.25) is 0 Å². The van der Waals surface area contributed by atoms with Gasteiger partial charge >= 0.3 is 0 Å². The number of nitrogens with two attached hydrogens (primary N) is 1. The van der Waals surface area contributed by atoms with Gasteiger partial charge in [-0.05, 0) is 19.1 Å². The Balaban J connectivity index is 2.95. The summed E-state index contributed by atoms with van der Waals surface area (Å²) in [6.07, 6.45) is 0. The van der Waals surface area contributed by atoms with Crippen LogP contribution in [0.25, 0.3) is 0 Å².